The molecule has 132 valence electrons. The molecule has 0 aliphatic heterocycles. The first-order valence-electron chi connectivity index (χ1n) is 7.08. The molecule has 0 bridgehead atoms. The summed E-state index contributed by atoms with van der Waals surface area (Å²) in [5.41, 5.74) is -0.195. The number of aromatic nitrogens is 1. The fourth-order valence-electron chi connectivity index (χ4n) is 1.93. The highest BCUT2D eigenvalue weighted by molar-refractivity contribution is 6.01. The third-order valence-corrected chi connectivity index (χ3v) is 3.18. The highest BCUT2D eigenvalue weighted by Gasteiger charge is 2.30. The Morgan fingerprint density at radius 3 is 2.40 bits per heavy atom. The van der Waals surface area contributed by atoms with Crippen LogP contribution in [0.1, 0.15) is 11.1 Å². The molecule has 0 aliphatic rings. The van der Waals surface area contributed by atoms with Gasteiger partial charge in [-0.05, 0) is 35.9 Å². The summed E-state index contributed by atoms with van der Waals surface area (Å²) in [5, 5.41) is 2.38. The van der Waals surface area contributed by atoms with E-state index in [0.29, 0.717) is 23.3 Å². The average molecular weight is 352 g/mol. The number of anilines is 1. The molecule has 1 amide bonds. The van der Waals surface area contributed by atoms with E-state index in [1.54, 1.807) is 18.2 Å². The van der Waals surface area contributed by atoms with Gasteiger partial charge in [0.25, 0.3) is 0 Å². The normalized spacial score (nSPS) is 11.4. The number of amides is 1. The molecule has 1 N–H and O–H groups in total. The van der Waals surface area contributed by atoms with E-state index in [1.807, 2.05) is 0 Å². The zero-order chi connectivity index (χ0) is 18.4. The van der Waals surface area contributed by atoms with Crippen LogP contribution in [-0.4, -0.2) is 25.1 Å². The van der Waals surface area contributed by atoms with Gasteiger partial charge < -0.3 is 14.8 Å². The molecular formula is C17H15F3N2O3. The molecule has 0 aliphatic carbocycles. The van der Waals surface area contributed by atoms with Crippen molar-refractivity contribution < 1.29 is 27.4 Å². The first kappa shape index (κ1) is 18.3. The maximum atomic E-state index is 12.4. The second-order valence-corrected chi connectivity index (χ2v) is 4.87. The molecule has 1 aromatic carbocycles. The summed E-state index contributed by atoms with van der Waals surface area (Å²) in [6.45, 7) is 0. The lowest BCUT2D eigenvalue weighted by molar-refractivity contribution is -0.137. The van der Waals surface area contributed by atoms with Gasteiger partial charge in [-0.2, -0.15) is 13.2 Å². The van der Waals surface area contributed by atoms with Crippen LogP contribution < -0.4 is 14.8 Å². The van der Waals surface area contributed by atoms with Gasteiger partial charge >= 0.3 is 6.18 Å². The van der Waals surface area contributed by atoms with E-state index in [0.717, 1.165) is 12.1 Å². The summed E-state index contributed by atoms with van der Waals surface area (Å²) in [7, 11) is 3.01. The van der Waals surface area contributed by atoms with Crippen molar-refractivity contribution in [2.75, 3.05) is 19.5 Å². The van der Waals surface area contributed by atoms with Gasteiger partial charge in [-0.3, -0.25) is 4.79 Å². The van der Waals surface area contributed by atoms with Gasteiger partial charge in [0.05, 0.1) is 19.8 Å². The number of methoxy groups -OCH3 is 2. The fourth-order valence-corrected chi connectivity index (χ4v) is 1.93. The Morgan fingerprint density at radius 2 is 1.84 bits per heavy atom. The lowest BCUT2D eigenvalue weighted by Crippen LogP contribution is -2.11. The molecule has 1 heterocycles. The van der Waals surface area contributed by atoms with Crippen molar-refractivity contribution in [2.24, 2.45) is 0 Å². The number of rotatable bonds is 5. The third kappa shape index (κ3) is 4.97. The molecule has 8 heteroatoms. The van der Waals surface area contributed by atoms with Gasteiger partial charge in [0, 0.05) is 12.3 Å². The summed E-state index contributed by atoms with van der Waals surface area (Å²) in [4.78, 5) is 15.4. The number of ether oxygens (including phenoxy) is 2. The Hall–Kier alpha value is -3.03. The van der Waals surface area contributed by atoms with Gasteiger partial charge in [-0.25, -0.2) is 4.98 Å². The number of nitrogens with one attached hydrogen (secondary N) is 1. The van der Waals surface area contributed by atoms with Crippen molar-refractivity contribution in [3.05, 3.63) is 53.7 Å². The van der Waals surface area contributed by atoms with Crippen molar-refractivity contribution in [3.63, 3.8) is 0 Å². The van der Waals surface area contributed by atoms with E-state index < -0.39 is 17.6 Å². The maximum Gasteiger partial charge on any atom is 0.417 e. The Labute approximate surface area is 142 Å². The smallest absolute Gasteiger partial charge is 0.417 e. The summed E-state index contributed by atoms with van der Waals surface area (Å²) in [6.07, 6.45) is -1.04. The summed E-state index contributed by atoms with van der Waals surface area (Å²) < 4.78 is 47.6. The number of hydrogen-bond donors (Lipinski definition) is 1. The Morgan fingerprint density at radius 1 is 1.12 bits per heavy atom. The number of hydrogen-bond acceptors (Lipinski definition) is 4. The summed E-state index contributed by atoms with van der Waals surface area (Å²) >= 11 is 0. The molecule has 1 aromatic heterocycles. The minimum absolute atomic E-state index is 0.0231. The number of carbonyl (C=O) groups excluding carboxylic acids is 1. The molecule has 2 aromatic rings. The molecule has 5 nitrogen and oxygen atoms in total. The molecule has 0 unspecified atom stereocenters. The molecular weight excluding hydrogens is 337 g/mol. The lowest BCUT2D eigenvalue weighted by atomic mass is 10.2. The Kier molecular flexibility index (Phi) is 5.63. The van der Waals surface area contributed by atoms with Crippen molar-refractivity contribution in [1.82, 2.24) is 4.98 Å². The molecule has 2 rings (SSSR count). The monoisotopic (exact) mass is 352 g/mol. The van der Waals surface area contributed by atoms with Crippen molar-refractivity contribution in [3.8, 4) is 11.5 Å². The van der Waals surface area contributed by atoms with Crippen LogP contribution in [0.25, 0.3) is 6.08 Å². The molecule has 0 atom stereocenters. The van der Waals surface area contributed by atoms with Crippen LogP contribution in [0.2, 0.25) is 0 Å². The first-order chi connectivity index (χ1) is 11.8. The van der Waals surface area contributed by atoms with Crippen molar-refractivity contribution in [1.29, 1.82) is 0 Å². The second-order valence-electron chi connectivity index (χ2n) is 4.87. The number of alkyl halides is 3. The third-order valence-electron chi connectivity index (χ3n) is 3.18. The predicted molar refractivity (Wildman–Crippen MR) is 86.4 cm³/mol. The minimum Gasteiger partial charge on any atom is -0.493 e. The fraction of sp³-hybridized carbons (Fsp3) is 0.176. The van der Waals surface area contributed by atoms with E-state index in [1.165, 1.54) is 26.4 Å². The number of pyridine rings is 1. The summed E-state index contributed by atoms with van der Waals surface area (Å²) in [6, 6.07) is 7.03. The molecule has 0 spiro atoms. The number of benzene rings is 1. The van der Waals surface area contributed by atoms with Crippen LogP contribution in [0, 0.1) is 0 Å². The molecule has 0 saturated heterocycles. The van der Waals surface area contributed by atoms with E-state index in [-0.39, 0.29) is 5.82 Å². The van der Waals surface area contributed by atoms with Gasteiger partial charge in [0.2, 0.25) is 5.91 Å². The van der Waals surface area contributed by atoms with E-state index in [4.69, 9.17) is 9.47 Å². The number of nitrogens with zero attached hydrogens (tertiary/aromatic N) is 1. The van der Waals surface area contributed by atoms with Crippen LogP contribution in [0.3, 0.4) is 0 Å². The largest absolute Gasteiger partial charge is 0.493 e. The van der Waals surface area contributed by atoms with Crippen molar-refractivity contribution >= 4 is 17.8 Å². The maximum absolute atomic E-state index is 12.4. The number of halogens is 3. The molecule has 0 saturated carbocycles. The minimum atomic E-state index is -4.47. The van der Waals surface area contributed by atoms with Crippen molar-refractivity contribution in [2.45, 2.75) is 6.18 Å². The van der Waals surface area contributed by atoms with Crippen LogP contribution in [0.15, 0.2) is 42.6 Å². The zero-order valence-corrected chi connectivity index (χ0v) is 13.4. The molecule has 25 heavy (non-hydrogen) atoms. The van der Waals surface area contributed by atoms with Crippen LogP contribution in [-0.2, 0) is 11.0 Å². The molecule has 0 fully saturated rings. The van der Waals surface area contributed by atoms with Crippen LogP contribution in [0.5, 0.6) is 11.5 Å². The zero-order valence-electron chi connectivity index (χ0n) is 13.4. The van der Waals surface area contributed by atoms with E-state index in [2.05, 4.69) is 10.3 Å². The van der Waals surface area contributed by atoms with Gasteiger partial charge in [-0.15, -0.1) is 0 Å². The second kappa shape index (κ2) is 7.69. The van der Waals surface area contributed by atoms with Gasteiger partial charge in [0.1, 0.15) is 5.82 Å². The standard InChI is InChI=1S/C17H15F3N2O3/c1-24-13-6-3-11(9-14(13)25-2)4-8-16(23)22-15-7-5-12(10-21-15)17(18,19)20/h3-10H,1-2H3,(H,21,22,23)/b8-4+. The van der Waals surface area contributed by atoms with Gasteiger partial charge in [-0.1, -0.05) is 6.07 Å². The predicted octanol–water partition coefficient (Wildman–Crippen LogP) is 3.77. The SMILES string of the molecule is COc1ccc(/C=C/C(=O)Nc2ccc(C(F)(F)F)cn2)cc1OC. The topological polar surface area (TPSA) is 60.5 Å². The molecule has 0 radical (unpaired) electrons. The van der Waals surface area contributed by atoms with Crippen LogP contribution in [0.4, 0.5) is 19.0 Å². The van der Waals surface area contributed by atoms with E-state index in [9.17, 15) is 18.0 Å². The Bertz CT molecular complexity index is 772. The highest BCUT2D eigenvalue weighted by atomic mass is 19.4. The highest BCUT2D eigenvalue weighted by Crippen LogP contribution is 2.29. The lowest BCUT2D eigenvalue weighted by Gasteiger charge is -2.08. The average Bonchev–Trinajstić information content (AvgIpc) is 2.59. The number of carbonyl (C=O) groups is 1. The summed E-state index contributed by atoms with van der Waals surface area (Å²) in [5.74, 6) is 0.560. The van der Waals surface area contributed by atoms with E-state index >= 15 is 0 Å². The van der Waals surface area contributed by atoms with Gasteiger partial charge in [0.15, 0.2) is 11.5 Å². The Balaban J connectivity index is 2.03. The van der Waals surface area contributed by atoms with Crippen LogP contribution >= 0.6 is 0 Å². The quantitative estimate of drug-likeness (QED) is 0.832. The first-order valence-corrected chi connectivity index (χ1v) is 7.08.